The Hall–Kier alpha value is -3.39. The SMILES string of the molecule is Cc1cc(C)nc(-c2nc(NC(=O)c3cncn3-c3ccccn3)sc2C)c1. The van der Waals surface area contributed by atoms with Gasteiger partial charge < -0.3 is 0 Å². The van der Waals surface area contributed by atoms with Gasteiger partial charge in [-0.2, -0.15) is 0 Å². The van der Waals surface area contributed by atoms with Gasteiger partial charge in [0.2, 0.25) is 0 Å². The molecule has 4 aromatic rings. The van der Waals surface area contributed by atoms with Gasteiger partial charge in [-0.15, -0.1) is 11.3 Å². The summed E-state index contributed by atoms with van der Waals surface area (Å²) < 4.78 is 1.64. The van der Waals surface area contributed by atoms with E-state index in [1.54, 1.807) is 17.1 Å². The molecule has 0 aliphatic rings. The summed E-state index contributed by atoms with van der Waals surface area (Å²) in [7, 11) is 0. The first-order valence-corrected chi connectivity index (χ1v) is 9.51. The van der Waals surface area contributed by atoms with Gasteiger partial charge in [-0.05, 0) is 50.6 Å². The Kier molecular flexibility index (Phi) is 4.70. The van der Waals surface area contributed by atoms with Gasteiger partial charge in [0.25, 0.3) is 5.91 Å². The normalized spacial score (nSPS) is 10.8. The molecule has 4 aromatic heterocycles. The second-order valence-electron chi connectivity index (χ2n) is 6.39. The average Bonchev–Trinajstić information content (AvgIpc) is 3.28. The second-order valence-corrected chi connectivity index (χ2v) is 7.59. The fourth-order valence-electron chi connectivity index (χ4n) is 2.95. The van der Waals surface area contributed by atoms with Gasteiger partial charge in [-0.3, -0.25) is 19.7 Å². The van der Waals surface area contributed by atoms with Crippen molar-refractivity contribution in [2.45, 2.75) is 20.8 Å². The van der Waals surface area contributed by atoms with Crippen LogP contribution >= 0.6 is 11.3 Å². The first kappa shape index (κ1) is 18.0. The average molecular weight is 390 g/mol. The van der Waals surface area contributed by atoms with Crippen LogP contribution in [0.15, 0.2) is 49.1 Å². The Morgan fingerprint density at radius 2 is 2.00 bits per heavy atom. The maximum absolute atomic E-state index is 12.8. The topological polar surface area (TPSA) is 85.6 Å². The van der Waals surface area contributed by atoms with Crippen LogP contribution in [0.1, 0.15) is 26.6 Å². The molecule has 0 fully saturated rings. The lowest BCUT2D eigenvalue weighted by Crippen LogP contribution is -2.16. The number of imidazole rings is 1. The molecule has 0 atom stereocenters. The van der Waals surface area contributed by atoms with Crippen LogP contribution in [0.25, 0.3) is 17.2 Å². The largest absolute Gasteiger partial charge is 0.296 e. The molecule has 0 aliphatic heterocycles. The smallest absolute Gasteiger partial charge is 0.276 e. The highest BCUT2D eigenvalue weighted by Crippen LogP contribution is 2.30. The number of carbonyl (C=O) groups is 1. The summed E-state index contributed by atoms with van der Waals surface area (Å²) in [6.07, 6.45) is 4.75. The highest BCUT2D eigenvalue weighted by atomic mass is 32.1. The first-order chi connectivity index (χ1) is 13.5. The van der Waals surface area contributed by atoms with Crippen molar-refractivity contribution in [3.63, 3.8) is 0 Å². The molecule has 4 heterocycles. The molecular weight excluding hydrogens is 372 g/mol. The molecule has 0 radical (unpaired) electrons. The number of nitrogens with zero attached hydrogens (tertiary/aromatic N) is 5. The van der Waals surface area contributed by atoms with Gasteiger partial charge in [0.1, 0.15) is 23.5 Å². The van der Waals surface area contributed by atoms with Crippen LogP contribution in [0.2, 0.25) is 0 Å². The Morgan fingerprint density at radius 3 is 2.75 bits per heavy atom. The number of hydrogen-bond acceptors (Lipinski definition) is 6. The molecular formula is C20H18N6OS. The zero-order chi connectivity index (χ0) is 19.7. The number of carbonyl (C=O) groups excluding carboxylic acids is 1. The van der Waals surface area contributed by atoms with Crippen molar-refractivity contribution >= 4 is 22.4 Å². The molecule has 28 heavy (non-hydrogen) atoms. The fourth-order valence-corrected chi connectivity index (χ4v) is 3.77. The number of nitrogens with one attached hydrogen (secondary N) is 1. The van der Waals surface area contributed by atoms with Crippen molar-refractivity contribution in [2.24, 2.45) is 0 Å². The fraction of sp³-hybridized carbons (Fsp3) is 0.150. The summed E-state index contributed by atoms with van der Waals surface area (Å²) in [6.45, 7) is 5.96. The van der Waals surface area contributed by atoms with E-state index in [4.69, 9.17) is 0 Å². The lowest BCUT2D eigenvalue weighted by atomic mass is 10.2. The number of aryl methyl sites for hydroxylation is 3. The molecule has 0 spiro atoms. The van der Waals surface area contributed by atoms with Crippen molar-refractivity contribution in [1.29, 1.82) is 0 Å². The van der Waals surface area contributed by atoms with Crippen LogP contribution in [0.3, 0.4) is 0 Å². The summed E-state index contributed by atoms with van der Waals surface area (Å²) in [4.78, 5) is 31.3. The third-order valence-electron chi connectivity index (χ3n) is 4.12. The number of amides is 1. The number of rotatable bonds is 4. The molecule has 0 unspecified atom stereocenters. The van der Waals surface area contributed by atoms with Crippen LogP contribution in [-0.2, 0) is 0 Å². The van der Waals surface area contributed by atoms with Crippen molar-refractivity contribution in [1.82, 2.24) is 24.5 Å². The van der Waals surface area contributed by atoms with E-state index >= 15 is 0 Å². The van der Waals surface area contributed by atoms with E-state index in [-0.39, 0.29) is 5.91 Å². The molecule has 0 saturated heterocycles. The quantitative estimate of drug-likeness (QED) is 0.570. The maximum Gasteiger partial charge on any atom is 0.276 e. The standard InChI is InChI=1S/C20H18N6OS/c1-12-8-13(2)23-15(9-12)18-14(3)28-20(24-18)25-19(27)16-10-21-11-26(16)17-6-4-5-7-22-17/h4-11H,1-3H3,(H,24,25,27). The Morgan fingerprint density at radius 1 is 1.14 bits per heavy atom. The first-order valence-electron chi connectivity index (χ1n) is 8.69. The minimum absolute atomic E-state index is 0.295. The third kappa shape index (κ3) is 3.54. The second kappa shape index (κ2) is 7.32. The van der Waals surface area contributed by atoms with Gasteiger partial charge in [0.15, 0.2) is 5.13 Å². The Balaban J connectivity index is 1.61. The van der Waals surface area contributed by atoms with Gasteiger partial charge >= 0.3 is 0 Å². The van der Waals surface area contributed by atoms with E-state index in [0.29, 0.717) is 16.6 Å². The molecule has 140 valence electrons. The molecule has 0 bridgehead atoms. The molecule has 1 amide bonds. The predicted octanol–water partition coefficient (Wildman–Crippen LogP) is 3.96. The van der Waals surface area contributed by atoms with Crippen LogP contribution in [0, 0.1) is 20.8 Å². The summed E-state index contributed by atoms with van der Waals surface area (Å²) in [6, 6.07) is 9.51. The third-order valence-corrected chi connectivity index (χ3v) is 5.01. The molecule has 4 rings (SSSR count). The number of thiazole rings is 1. The Bertz CT molecular complexity index is 1130. The zero-order valence-corrected chi connectivity index (χ0v) is 16.5. The van der Waals surface area contributed by atoms with Crippen LogP contribution in [0.5, 0.6) is 0 Å². The lowest BCUT2D eigenvalue weighted by Gasteiger charge is -2.06. The monoisotopic (exact) mass is 390 g/mol. The van der Waals surface area contributed by atoms with Gasteiger partial charge in [0.05, 0.1) is 11.9 Å². The van der Waals surface area contributed by atoms with E-state index in [9.17, 15) is 4.79 Å². The molecule has 0 aromatic carbocycles. The Labute approximate surface area is 166 Å². The molecule has 8 heteroatoms. The van der Waals surface area contributed by atoms with Crippen molar-refractivity contribution in [2.75, 3.05) is 5.32 Å². The van der Waals surface area contributed by atoms with Crippen molar-refractivity contribution in [3.05, 3.63) is 70.9 Å². The highest BCUT2D eigenvalue weighted by molar-refractivity contribution is 7.16. The van der Waals surface area contributed by atoms with E-state index in [0.717, 1.165) is 27.5 Å². The lowest BCUT2D eigenvalue weighted by molar-refractivity contribution is 0.102. The summed E-state index contributed by atoms with van der Waals surface area (Å²) in [5, 5.41) is 3.39. The zero-order valence-electron chi connectivity index (χ0n) is 15.7. The van der Waals surface area contributed by atoms with E-state index in [1.807, 2.05) is 51.1 Å². The van der Waals surface area contributed by atoms with Crippen molar-refractivity contribution < 1.29 is 4.79 Å². The minimum atomic E-state index is -0.295. The summed E-state index contributed by atoms with van der Waals surface area (Å²) in [5.41, 5.74) is 4.04. The van der Waals surface area contributed by atoms with Crippen molar-refractivity contribution in [3.8, 4) is 17.2 Å². The van der Waals surface area contributed by atoms with Gasteiger partial charge in [0, 0.05) is 16.8 Å². The molecule has 7 nitrogen and oxygen atoms in total. The predicted molar refractivity (Wildman–Crippen MR) is 109 cm³/mol. The van der Waals surface area contributed by atoms with Gasteiger partial charge in [-0.25, -0.2) is 15.0 Å². The molecule has 1 N–H and O–H groups in total. The van der Waals surface area contributed by atoms with Crippen LogP contribution in [-0.4, -0.2) is 30.4 Å². The van der Waals surface area contributed by atoms with Gasteiger partial charge in [-0.1, -0.05) is 6.07 Å². The molecule has 0 saturated carbocycles. The van der Waals surface area contributed by atoms with Crippen LogP contribution < -0.4 is 5.32 Å². The van der Waals surface area contributed by atoms with Crippen LogP contribution in [0.4, 0.5) is 5.13 Å². The summed E-state index contributed by atoms with van der Waals surface area (Å²) >= 11 is 1.42. The number of hydrogen-bond donors (Lipinski definition) is 1. The van der Waals surface area contributed by atoms with E-state index in [1.165, 1.54) is 17.5 Å². The minimum Gasteiger partial charge on any atom is -0.296 e. The number of anilines is 1. The number of aromatic nitrogens is 5. The maximum atomic E-state index is 12.8. The summed E-state index contributed by atoms with van der Waals surface area (Å²) in [5.74, 6) is 0.331. The highest BCUT2D eigenvalue weighted by Gasteiger charge is 2.18. The number of pyridine rings is 2. The molecule has 0 aliphatic carbocycles. The van der Waals surface area contributed by atoms with E-state index in [2.05, 4.69) is 25.3 Å². The van der Waals surface area contributed by atoms with E-state index < -0.39 is 0 Å².